The van der Waals surface area contributed by atoms with Crippen LogP contribution in [0.1, 0.15) is 71.3 Å². The van der Waals surface area contributed by atoms with Gasteiger partial charge in [-0.2, -0.15) is 0 Å². The maximum absolute atomic E-state index is 6.48. The van der Waals surface area contributed by atoms with Gasteiger partial charge in [-0.25, -0.2) is 0 Å². The molecule has 0 spiro atoms. The SMILES string of the molecule is CCCCC1(CCCC)C=C(CC)c2ccccc2O1. The highest BCUT2D eigenvalue weighted by Crippen LogP contribution is 2.41. The van der Waals surface area contributed by atoms with E-state index in [1.54, 1.807) is 0 Å². The third kappa shape index (κ3) is 3.26. The molecule has 0 radical (unpaired) electrons. The summed E-state index contributed by atoms with van der Waals surface area (Å²) in [6, 6.07) is 8.51. The molecular weight excluding hydrogens is 244 g/mol. The smallest absolute Gasteiger partial charge is 0.128 e. The number of unbranched alkanes of at least 4 members (excludes halogenated alkanes) is 2. The number of ether oxygens (including phenoxy) is 1. The van der Waals surface area contributed by atoms with Crippen LogP contribution in [0.5, 0.6) is 5.75 Å². The molecular formula is C19H28O. The van der Waals surface area contributed by atoms with E-state index in [1.807, 2.05) is 0 Å². The van der Waals surface area contributed by atoms with Gasteiger partial charge in [0.05, 0.1) is 0 Å². The van der Waals surface area contributed by atoms with Crippen molar-refractivity contribution in [2.24, 2.45) is 0 Å². The minimum atomic E-state index is -0.0638. The van der Waals surface area contributed by atoms with Crippen LogP contribution in [0.2, 0.25) is 0 Å². The molecule has 110 valence electrons. The third-order valence-electron chi connectivity index (χ3n) is 4.27. The van der Waals surface area contributed by atoms with Gasteiger partial charge in [0.2, 0.25) is 0 Å². The Labute approximate surface area is 124 Å². The average Bonchev–Trinajstić information content (AvgIpc) is 2.50. The van der Waals surface area contributed by atoms with Crippen LogP contribution in [0, 0.1) is 0 Å². The maximum atomic E-state index is 6.48. The highest BCUT2D eigenvalue weighted by molar-refractivity contribution is 5.73. The Morgan fingerprint density at radius 1 is 0.950 bits per heavy atom. The van der Waals surface area contributed by atoms with E-state index in [4.69, 9.17) is 4.74 Å². The number of allylic oxidation sites excluding steroid dienone is 1. The summed E-state index contributed by atoms with van der Waals surface area (Å²) in [5, 5.41) is 0. The molecule has 0 saturated carbocycles. The number of hydrogen-bond acceptors (Lipinski definition) is 1. The van der Waals surface area contributed by atoms with Crippen LogP contribution >= 0.6 is 0 Å². The largest absolute Gasteiger partial charge is 0.483 e. The van der Waals surface area contributed by atoms with Gasteiger partial charge in [0.25, 0.3) is 0 Å². The zero-order valence-electron chi connectivity index (χ0n) is 13.2. The summed E-state index contributed by atoms with van der Waals surface area (Å²) in [5.74, 6) is 1.08. The van der Waals surface area contributed by atoms with Gasteiger partial charge in [-0.3, -0.25) is 0 Å². The van der Waals surface area contributed by atoms with Gasteiger partial charge in [-0.15, -0.1) is 0 Å². The molecule has 1 heterocycles. The van der Waals surface area contributed by atoms with E-state index in [2.05, 4.69) is 51.1 Å². The molecule has 0 unspecified atom stereocenters. The first-order valence-electron chi connectivity index (χ1n) is 8.24. The van der Waals surface area contributed by atoms with E-state index in [9.17, 15) is 0 Å². The normalized spacial score (nSPS) is 16.2. The van der Waals surface area contributed by atoms with Crippen molar-refractivity contribution in [1.29, 1.82) is 0 Å². The van der Waals surface area contributed by atoms with Crippen LogP contribution in [0.25, 0.3) is 5.57 Å². The van der Waals surface area contributed by atoms with E-state index in [1.165, 1.54) is 36.8 Å². The van der Waals surface area contributed by atoms with Crippen molar-refractivity contribution in [2.45, 2.75) is 71.3 Å². The van der Waals surface area contributed by atoms with Crippen LogP contribution in [0.3, 0.4) is 0 Å². The van der Waals surface area contributed by atoms with E-state index in [0.717, 1.165) is 25.0 Å². The second-order valence-corrected chi connectivity index (χ2v) is 5.89. The molecule has 1 nitrogen and oxygen atoms in total. The third-order valence-corrected chi connectivity index (χ3v) is 4.27. The molecule has 0 saturated heterocycles. The van der Waals surface area contributed by atoms with Gasteiger partial charge < -0.3 is 4.74 Å². The molecule has 0 bridgehead atoms. The second kappa shape index (κ2) is 6.97. The van der Waals surface area contributed by atoms with Gasteiger partial charge in [-0.05, 0) is 49.8 Å². The van der Waals surface area contributed by atoms with Crippen LogP contribution < -0.4 is 4.74 Å². The first kappa shape index (κ1) is 15.2. The molecule has 1 aromatic carbocycles. The van der Waals surface area contributed by atoms with Crippen LogP contribution in [0.4, 0.5) is 0 Å². The van der Waals surface area contributed by atoms with Gasteiger partial charge in [0.1, 0.15) is 11.4 Å². The Morgan fingerprint density at radius 2 is 1.60 bits per heavy atom. The number of rotatable bonds is 7. The predicted molar refractivity (Wildman–Crippen MR) is 87.1 cm³/mol. The molecule has 1 aliphatic rings. The quantitative estimate of drug-likeness (QED) is 0.592. The van der Waals surface area contributed by atoms with Gasteiger partial charge in [-0.1, -0.05) is 51.8 Å². The Bertz CT molecular complexity index is 451. The summed E-state index contributed by atoms with van der Waals surface area (Å²) in [7, 11) is 0. The Morgan fingerprint density at radius 3 is 2.20 bits per heavy atom. The molecule has 20 heavy (non-hydrogen) atoms. The molecule has 0 aliphatic carbocycles. The lowest BCUT2D eigenvalue weighted by Gasteiger charge is -2.37. The number of benzene rings is 1. The van der Waals surface area contributed by atoms with Crippen LogP contribution in [-0.4, -0.2) is 5.60 Å². The summed E-state index contributed by atoms with van der Waals surface area (Å²) < 4.78 is 6.48. The monoisotopic (exact) mass is 272 g/mol. The Hall–Kier alpha value is -1.24. The molecule has 2 rings (SSSR count). The van der Waals surface area contributed by atoms with Crippen molar-refractivity contribution in [2.75, 3.05) is 0 Å². The van der Waals surface area contributed by atoms with E-state index in [-0.39, 0.29) is 5.60 Å². The Balaban J connectivity index is 2.33. The van der Waals surface area contributed by atoms with Gasteiger partial charge >= 0.3 is 0 Å². The van der Waals surface area contributed by atoms with Crippen LogP contribution in [-0.2, 0) is 0 Å². The van der Waals surface area contributed by atoms with Gasteiger partial charge in [0.15, 0.2) is 0 Å². The minimum absolute atomic E-state index is 0.0638. The summed E-state index contributed by atoms with van der Waals surface area (Å²) in [6.45, 7) is 6.77. The summed E-state index contributed by atoms with van der Waals surface area (Å²) in [6.07, 6.45) is 10.7. The fourth-order valence-electron chi connectivity index (χ4n) is 3.08. The summed E-state index contributed by atoms with van der Waals surface area (Å²) >= 11 is 0. The standard InChI is InChI=1S/C19H28O/c1-4-7-13-19(14-8-5-2)15-16(6-3)17-11-9-10-12-18(17)20-19/h9-12,15H,4-8,13-14H2,1-3H3. The molecule has 1 aliphatic heterocycles. The lowest BCUT2D eigenvalue weighted by Crippen LogP contribution is -2.36. The topological polar surface area (TPSA) is 9.23 Å². The highest BCUT2D eigenvalue weighted by atomic mass is 16.5. The van der Waals surface area contributed by atoms with Crippen LogP contribution in [0.15, 0.2) is 30.3 Å². The Kier molecular flexibility index (Phi) is 5.28. The zero-order valence-corrected chi connectivity index (χ0v) is 13.2. The van der Waals surface area contributed by atoms with Crippen molar-refractivity contribution in [3.8, 4) is 5.75 Å². The van der Waals surface area contributed by atoms with Crippen molar-refractivity contribution < 1.29 is 4.74 Å². The molecule has 0 aromatic heterocycles. The fourth-order valence-corrected chi connectivity index (χ4v) is 3.08. The molecule has 1 heteroatoms. The molecule has 0 amide bonds. The predicted octanol–water partition coefficient (Wildman–Crippen LogP) is 5.99. The van der Waals surface area contributed by atoms with Crippen molar-refractivity contribution in [3.63, 3.8) is 0 Å². The molecule has 1 aromatic rings. The minimum Gasteiger partial charge on any atom is -0.483 e. The molecule has 0 fully saturated rings. The fraction of sp³-hybridized carbons (Fsp3) is 0.579. The molecule has 0 N–H and O–H groups in total. The van der Waals surface area contributed by atoms with Crippen molar-refractivity contribution >= 4 is 5.57 Å². The van der Waals surface area contributed by atoms with E-state index in [0.29, 0.717) is 0 Å². The lowest BCUT2D eigenvalue weighted by atomic mass is 9.84. The first-order chi connectivity index (χ1) is 9.74. The van der Waals surface area contributed by atoms with E-state index >= 15 is 0 Å². The second-order valence-electron chi connectivity index (χ2n) is 5.89. The highest BCUT2D eigenvalue weighted by Gasteiger charge is 2.33. The summed E-state index contributed by atoms with van der Waals surface area (Å²) in [5.41, 5.74) is 2.68. The molecule has 0 atom stereocenters. The average molecular weight is 272 g/mol. The van der Waals surface area contributed by atoms with Gasteiger partial charge in [0, 0.05) is 5.56 Å². The number of para-hydroxylation sites is 1. The maximum Gasteiger partial charge on any atom is 0.128 e. The first-order valence-corrected chi connectivity index (χ1v) is 8.24. The van der Waals surface area contributed by atoms with E-state index < -0.39 is 0 Å². The number of hydrogen-bond donors (Lipinski definition) is 0. The van der Waals surface area contributed by atoms with Crippen molar-refractivity contribution in [3.05, 3.63) is 35.9 Å². The zero-order chi connectivity index (χ0) is 14.4. The van der Waals surface area contributed by atoms with Crippen molar-refractivity contribution in [1.82, 2.24) is 0 Å². The number of fused-ring (bicyclic) bond motifs is 1. The summed E-state index contributed by atoms with van der Waals surface area (Å²) in [4.78, 5) is 0. The lowest BCUT2D eigenvalue weighted by molar-refractivity contribution is 0.0911.